The Hall–Kier alpha value is -3.75. The average Bonchev–Trinajstić information content (AvgIpc) is 2.70. The Labute approximate surface area is 173 Å². The first kappa shape index (κ1) is 22.5. The first-order valence-corrected chi connectivity index (χ1v) is 9.26. The lowest BCUT2D eigenvalue weighted by Gasteiger charge is -2.21. The largest absolute Gasteiger partial charge is 0.454 e. The third-order valence-electron chi connectivity index (χ3n) is 4.30. The predicted molar refractivity (Wildman–Crippen MR) is 110 cm³/mol. The number of nitro groups is 1. The first-order chi connectivity index (χ1) is 14.2. The molecule has 0 radical (unpaired) electrons. The van der Waals surface area contributed by atoms with Crippen LogP contribution < -0.4 is 10.6 Å². The summed E-state index contributed by atoms with van der Waals surface area (Å²) in [4.78, 5) is 47.0. The zero-order valence-electron chi connectivity index (χ0n) is 16.9. The molecule has 0 saturated carbocycles. The third kappa shape index (κ3) is 6.13. The van der Waals surface area contributed by atoms with E-state index in [1.165, 1.54) is 24.3 Å². The molecular formula is C21H23N3O6. The van der Waals surface area contributed by atoms with Gasteiger partial charge in [-0.2, -0.15) is 0 Å². The number of hydrogen-bond donors (Lipinski definition) is 2. The SMILES string of the molecule is Cc1ccccc1C(=O)N[C@H](C(=O)OCC(=O)Nc1ccc([N+](=O)[O-])cc1)C(C)C. The molecule has 1 atom stereocenters. The third-order valence-corrected chi connectivity index (χ3v) is 4.30. The van der Waals surface area contributed by atoms with E-state index in [4.69, 9.17) is 4.74 Å². The van der Waals surface area contributed by atoms with Crippen molar-refractivity contribution < 1.29 is 24.0 Å². The highest BCUT2D eigenvalue weighted by Gasteiger charge is 2.27. The van der Waals surface area contributed by atoms with Gasteiger partial charge in [-0.05, 0) is 36.6 Å². The lowest BCUT2D eigenvalue weighted by atomic mass is 10.0. The molecule has 0 aliphatic carbocycles. The van der Waals surface area contributed by atoms with Crippen LogP contribution in [0.3, 0.4) is 0 Å². The number of non-ortho nitro benzene ring substituents is 1. The van der Waals surface area contributed by atoms with Gasteiger partial charge in [0.25, 0.3) is 17.5 Å². The number of nitro benzene ring substituents is 1. The molecular weight excluding hydrogens is 390 g/mol. The van der Waals surface area contributed by atoms with Crippen molar-refractivity contribution in [3.8, 4) is 0 Å². The molecule has 2 N–H and O–H groups in total. The summed E-state index contributed by atoms with van der Waals surface area (Å²) < 4.78 is 5.05. The van der Waals surface area contributed by atoms with Crippen molar-refractivity contribution in [3.05, 3.63) is 69.8 Å². The van der Waals surface area contributed by atoms with Gasteiger partial charge in [0, 0.05) is 23.4 Å². The molecule has 2 rings (SSSR count). The molecule has 30 heavy (non-hydrogen) atoms. The van der Waals surface area contributed by atoms with Crippen LogP contribution >= 0.6 is 0 Å². The number of amides is 2. The molecule has 0 aliphatic heterocycles. The summed E-state index contributed by atoms with van der Waals surface area (Å²) in [6, 6.07) is 11.3. The van der Waals surface area contributed by atoms with Crippen molar-refractivity contribution in [2.75, 3.05) is 11.9 Å². The van der Waals surface area contributed by atoms with Gasteiger partial charge >= 0.3 is 5.97 Å². The number of carbonyl (C=O) groups excluding carboxylic acids is 3. The summed E-state index contributed by atoms with van der Waals surface area (Å²) in [5.41, 5.74) is 1.44. The monoisotopic (exact) mass is 413 g/mol. The number of rotatable bonds is 8. The van der Waals surface area contributed by atoms with E-state index in [0.29, 0.717) is 11.3 Å². The van der Waals surface area contributed by atoms with Crippen molar-refractivity contribution in [2.24, 2.45) is 5.92 Å². The van der Waals surface area contributed by atoms with Gasteiger partial charge in [0.15, 0.2) is 6.61 Å². The van der Waals surface area contributed by atoms with Gasteiger partial charge in [0.1, 0.15) is 6.04 Å². The highest BCUT2D eigenvalue weighted by molar-refractivity contribution is 5.98. The van der Waals surface area contributed by atoms with E-state index < -0.39 is 35.4 Å². The van der Waals surface area contributed by atoms with Crippen LogP contribution in [0.1, 0.15) is 29.8 Å². The Morgan fingerprint density at radius 3 is 2.27 bits per heavy atom. The standard InChI is InChI=1S/C21H23N3O6/c1-13(2)19(23-20(26)17-7-5-4-6-14(17)3)21(27)30-12-18(25)22-15-8-10-16(11-9-15)24(28)29/h4-11,13,19H,12H2,1-3H3,(H,22,25)(H,23,26)/t19-/m0/s1. The Morgan fingerprint density at radius 2 is 1.70 bits per heavy atom. The van der Waals surface area contributed by atoms with Crippen LogP contribution in [0.2, 0.25) is 0 Å². The maximum atomic E-state index is 12.5. The minimum absolute atomic E-state index is 0.108. The molecule has 158 valence electrons. The summed E-state index contributed by atoms with van der Waals surface area (Å²) in [6.45, 7) is 4.74. The molecule has 0 unspecified atom stereocenters. The van der Waals surface area contributed by atoms with E-state index in [2.05, 4.69) is 10.6 Å². The molecule has 2 aromatic rings. The molecule has 0 fully saturated rings. The number of nitrogens with zero attached hydrogens (tertiary/aromatic N) is 1. The summed E-state index contributed by atoms with van der Waals surface area (Å²) >= 11 is 0. The normalized spacial score (nSPS) is 11.5. The van der Waals surface area contributed by atoms with Gasteiger partial charge in [-0.1, -0.05) is 32.0 Å². The van der Waals surface area contributed by atoms with Gasteiger partial charge in [-0.3, -0.25) is 19.7 Å². The van der Waals surface area contributed by atoms with E-state index in [1.807, 2.05) is 6.07 Å². The molecule has 0 saturated heterocycles. The van der Waals surface area contributed by atoms with E-state index in [0.717, 1.165) is 5.56 Å². The number of nitrogens with one attached hydrogen (secondary N) is 2. The van der Waals surface area contributed by atoms with Crippen molar-refractivity contribution in [3.63, 3.8) is 0 Å². The van der Waals surface area contributed by atoms with Crippen molar-refractivity contribution in [1.29, 1.82) is 0 Å². The molecule has 2 aromatic carbocycles. The Morgan fingerprint density at radius 1 is 1.07 bits per heavy atom. The number of anilines is 1. The topological polar surface area (TPSA) is 128 Å². The molecule has 0 heterocycles. The van der Waals surface area contributed by atoms with Gasteiger partial charge in [-0.25, -0.2) is 4.79 Å². The zero-order valence-corrected chi connectivity index (χ0v) is 16.9. The van der Waals surface area contributed by atoms with Crippen LogP contribution in [0.4, 0.5) is 11.4 Å². The molecule has 9 nitrogen and oxygen atoms in total. The van der Waals surface area contributed by atoms with Gasteiger partial charge in [0.2, 0.25) is 0 Å². The minimum Gasteiger partial charge on any atom is -0.454 e. The van der Waals surface area contributed by atoms with Crippen LogP contribution in [0, 0.1) is 23.0 Å². The number of aryl methyl sites for hydroxylation is 1. The molecule has 0 aromatic heterocycles. The van der Waals surface area contributed by atoms with E-state index in [9.17, 15) is 24.5 Å². The molecule has 0 spiro atoms. The van der Waals surface area contributed by atoms with E-state index in [-0.39, 0.29) is 11.6 Å². The van der Waals surface area contributed by atoms with Crippen LogP contribution in [-0.2, 0) is 14.3 Å². The Bertz CT molecular complexity index is 940. The molecule has 0 aliphatic rings. The maximum Gasteiger partial charge on any atom is 0.329 e. The Balaban J connectivity index is 1.93. The number of hydrogen-bond acceptors (Lipinski definition) is 6. The second kappa shape index (κ2) is 10.1. The van der Waals surface area contributed by atoms with Crippen LogP contribution in [0.15, 0.2) is 48.5 Å². The van der Waals surface area contributed by atoms with E-state index >= 15 is 0 Å². The number of benzene rings is 2. The maximum absolute atomic E-state index is 12.5. The quantitative estimate of drug-likeness (QED) is 0.389. The highest BCUT2D eigenvalue weighted by atomic mass is 16.6. The molecule has 9 heteroatoms. The van der Waals surface area contributed by atoms with Crippen LogP contribution in [0.5, 0.6) is 0 Å². The minimum atomic E-state index is -0.927. The molecule has 0 bridgehead atoms. The van der Waals surface area contributed by atoms with Crippen LogP contribution in [-0.4, -0.2) is 35.4 Å². The van der Waals surface area contributed by atoms with E-state index in [1.54, 1.807) is 39.0 Å². The average molecular weight is 413 g/mol. The number of carbonyl (C=O) groups is 3. The van der Waals surface area contributed by atoms with Gasteiger partial charge in [0.05, 0.1) is 4.92 Å². The second-order valence-corrected chi connectivity index (χ2v) is 6.97. The smallest absolute Gasteiger partial charge is 0.329 e. The Kier molecular flexibility index (Phi) is 7.62. The lowest BCUT2D eigenvalue weighted by Crippen LogP contribution is -2.46. The predicted octanol–water partition coefficient (Wildman–Crippen LogP) is 2.84. The summed E-state index contributed by atoms with van der Waals surface area (Å²) in [7, 11) is 0. The molecule has 2 amide bonds. The summed E-state index contributed by atoms with van der Waals surface area (Å²) in [5, 5.41) is 15.8. The van der Waals surface area contributed by atoms with Gasteiger partial charge < -0.3 is 15.4 Å². The lowest BCUT2D eigenvalue weighted by molar-refractivity contribution is -0.384. The summed E-state index contributed by atoms with van der Waals surface area (Å²) in [6.07, 6.45) is 0. The van der Waals surface area contributed by atoms with Gasteiger partial charge in [-0.15, -0.1) is 0 Å². The summed E-state index contributed by atoms with van der Waals surface area (Å²) in [5.74, 6) is -2.00. The van der Waals surface area contributed by atoms with Crippen LogP contribution in [0.25, 0.3) is 0 Å². The fourth-order valence-electron chi connectivity index (χ4n) is 2.63. The zero-order chi connectivity index (χ0) is 22.3. The highest BCUT2D eigenvalue weighted by Crippen LogP contribution is 2.15. The van der Waals surface area contributed by atoms with Crippen molar-refractivity contribution in [2.45, 2.75) is 26.8 Å². The first-order valence-electron chi connectivity index (χ1n) is 9.26. The van der Waals surface area contributed by atoms with Crippen molar-refractivity contribution in [1.82, 2.24) is 5.32 Å². The van der Waals surface area contributed by atoms with Crippen molar-refractivity contribution >= 4 is 29.2 Å². The second-order valence-electron chi connectivity index (χ2n) is 6.97. The number of esters is 1. The fraction of sp³-hybridized carbons (Fsp3) is 0.286. The fourth-order valence-corrected chi connectivity index (χ4v) is 2.63. The number of ether oxygens (including phenoxy) is 1.